The Balaban J connectivity index is 1.35. The van der Waals surface area contributed by atoms with Gasteiger partial charge in [-0.1, -0.05) is 23.2 Å². The number of morpholine rings is 1. The van der Waals surface area contributed by atoms with Gasteiger partial charge in [-0.15, -0.1) is 0 Å². The molecule has 5 aromatic rings. The summed E-state index contributed by atoms with van der Waals surface area (Å²) in [4.78, 5) is 19.4. The van der Waals surface area contributed by atoms with Crippen LogP contribution in [-0.4, -0.2) is 69.2 Å². The summed E-state index contributed by atoms with van der Waals surface area (Å²) < 4.78 is 18.9. The molecule has 0 saturated carbocycles. The van der Waals surface area contributed by atoms with Crippen LogP contribution in [0.4, 0.5) is 5.82 Å². The number of H-pyrrole nitrogens is 1. The molecule has 0 radical (unpaired) electrons. The predicted molar refractivity (Wildman–Crippen MR) is 149 cm³/mol. The standard InChI is InChI=1S/C27H25Cl2N7O3/c1-37-21-7-16(19(28)8-22(21)38-2)17-9-30-27(35-10-14-3-4-15(11-35)39-14)25-18(17)12-36(34-25)13-24-31-20-5-6-23(29)32-26(20)33-24/h5-9,12,14-15H,3-4,10-11,13H2,1-2H3,(H,31,32,33). The number of aromatic nitrogens is 6. The maximum atomic E-state index is 6.75. The van der Waals surface area contributed by atoms with E-state index in [1.165, 1.54) is 0 Å². The topological polar surface area (TPSA) is 103 Å². The van der Waals surface area contributed by atoms with Crippen molar-refractivity contribution in [2.45, 2.75) is 31.6 Å². The molecule has 10 nitrogen and oxygen atoms in total. The minimum absolute atomic E-state index is 0.220. The number of halogens is 2. The minimum atomic E-state index is 0.220. The lowest BCUT2D eigenvalue weighted by Crippen LogP contribution is -2.43. The second kappa shape index (κ2) is 9.55. The normalized spacial score (nSPS) is 18.8. The zero-order valence-electron chi connectivity index (χ0n) is 21.3. The number of nitrogens with zero attached hydrogens (tertiary/aromatic N) is 6. The highest BCUT2D eigenvalue weighted by molar-refractivity contribution is 6.34. The number of aromatic amines is 1. The fourth-order valence-electron chi connectivity index (χ4n) is 5.56. The summed E-state index contributed by atoms with van der Waals surface area (Å²) in [7, 11) is 3.19. The highest BCUT2D eigenvalue weighted by Gasteiger charge is 2.35. The van der Waals surface area contributed by atoms with Crippen molar-refractivity contribution in [3.8, 4) is 22.6 Å². The number of anilines is 1. The van der Waals surface area contributed by atoms with Crippen LogP contribution in [0.15, 0.2) is 36.7 Å². The predicted octanol–water partition coefficient (Wildman–Crippen LogP) is 5.11. The lowest BCUT2D eigenvalue weighted by molar-refractivity contribution is 0.0303. The van der Waals surface area contributed by atoms with E-state index in [0.29, 0.717) is 33.9 Å². The van der Waals surface area contributed by atoms with Crippen molar-refractivity contribution in [2.24, 2.45) is 0 Å². The zero-order chi connectivity index (χ0) is 26.7. The summed E-state index contributed by atoms with van der Waals surface area (Å²) in [5.74, 6) is 2.70. The molecule has 2 unspecified atom stereocenters. The van der Waals surface area contributed by atoms with Gasteiger partial charge in [0.1, 0.15) is 16.5 Å². The Morgan fingerprint density at radius 3 is 2.56 bits per heavy atom. The van der Waals surface area contributed by atoms with Crippen LogP contribution in [-0.2, 0) is 11.3 Å². The molecular weight excluding hydrogens is 541 g/mol. The number of benzene rings is 1. The molecule has 7 rings (SSSR count). The number of methoxy groups -OCH3 is 2. The van der Waals surface area contributed by atoms with Crippen molar-refractivity contribution >= 4 is 51.1 Å². The molecule has 2 aliphatic rings. The van der Waals surface area contributed by atoms with Gasteiger partial charge in [-0.25, -0.2) is 15.0 Å². The molecule has 6 heterocycles. The monoisotopic (exact) mass is 565 g/mol. The third-order valence-electron chi connectivity index (χ3n) is 7.36. The van der Waals surface area contributed by atoms with E-state index in [1.54, 1.807) is 26.4 Å². The first kappa shape index (κ1) is 24.4. The SMILES string of the molecule is COc1cc(Cl)c(-c2cnc(N3CC4CCC(C3)O4)c3nn(Cc4nc5nc(Cl)ccc5[nH]4)cc23)cc1OC. The molecule has 0 amide bonds. The van der Waals surface area contributed by atoms with Crippen LogP contribution in [0, 0.1) is 0 Å². The molecule has 0 aliphatic carbocycles. The van der Waals surface area contributed by atoms with Crippen LogP contribution in [0.1, 0.15) is 18.7 Å². The molecule has 39 heavy (non-hydrogen) atoms. The van der Waals surface area contributed by atoms with Crippen molar-refractivity contribution in [3.05, 3.63) is 52.7 Å². The number of imidazole rings is 1. The molecule has 2 atom stereocenters. The smallest absolute Gasteiger partial charge is 0.179 e. The van der Waals surface area contributed by atoms with Crippen molar-refractivity contribution in [3.63, 3.8) is 0 Å². The third-order valence-corrected chi connectivity index (χ3v) is 7.88. The van der Waals surface area contributed by atoms with Gasteiger partial charge in [-0.05, 0) is 31.0 Å². The maximum Gasteiger partial charge on any atom is 0.179 e. The van der Waals surface area contributed by atoms with Crippen LogP contribution in [0.2, 0.25) is 10.2 Å². The summed E-state index contributed by atoms with van der Waals surface area (Å²) in [5, 5.41) is 6.85. The quantitative estimate of drug-likeness (QED) is 0.283. The van der Waals surface area contributed by atoms with Gasteiger partial charge in [0.2, 0.25) is 0 Å². The molecule has 12 heteroatoms. The average molecular weight is 566 g/mol. The molecule has 2 bridgehead atoms. The molecule has 2 saturated heterocycles. The molecule has 2 fully saturated rings. The van der Waals surface area contributed by atoms with Crippen molar-refractivity contribution in [1.29, 1.82) is 0 Å². The Bertz CT molecular complexity index is 1710. The van der Waals surface area contributed by atoms with Crippen LogP contribution >= 0.6 is 23.2 Å². The highest BCUT2D eigenvalue weighted by Crippen LogP contribution is 2.42. The van der Waals surface area contributed by atoms with Crippen LogP contribution < -0.4 is 14.4 Å². The summed E-state index contributed by atoms with van der Waals surface area (Å²) in [6.45, 7) is 1.99. The average Bonchev–Trinajstić information content (AvgIpc) is 3.63. The Morgan fingerprint density at radius 2 is 1.79 bits per heavy atom. The Hall–Kier alpha value is -3.60. The van der Waals surface area contributed by atoms with Gasteiger partial charge in [0.25, 0.3) is 0 Å². The van der Waals surface area contributed by atoms with Gasteiger partial charge in [0, 0.05) is 48.1 Å². The number of rotatable bonds is 6. The van der Waals surface area contributed by atoms with E-state index in [2.05, 4.69) is 19.9 Å². The number of nitrogens with one attached hydrogen (secondary N) is 1. The lowest BCUT2D eigenvalue weighted by atomic mass is 10.0. The number of hydrogen-bond acceptors (Lipinski definition) is 8. The van der Waals surface area contributed by atoms with E-state index >= 15 is 0 Å². The summed E-state index contributed by atoms with van der Waals surface area (Å²) in [6.07, 6.45) is 6.45. The molecule has 2 aliphatic heterocycles. The van der Waals surface area contributed by atoms with Gasteiger partial charge >= 0.3 is 0 Å². The van der Waals surface area contributed by atoms with E-state index in [1.807, 2.05) is 29.2 Å². The largest absolute Gasteiger partial charge is 0.493 e. The minimum Gasteiger partial charge on any atom is -0.493 e. The summed E-state index contributed by atoms with van der Waals surface area (Å²) in [5.41, 5.74) is 3.80. The van der Waals surface area contributed by atoms with Crippen LogP contribution in [0.3, 0.4) is 0 Å². The van der Waals surface area contributed by atoms with Gasteiger partial charge in [-0.3, -0.25) is 4.68 Å². The van der Waals surface area contributed by atoms with Gasteiger partial charge in [-0.2, -0.15) is 5.10 Å². The van der Waals surface area contributed by atoms with Crippen molar-refractivity contribution < 1.29 is 14.2 Å². The van der Waals surface area contributed by atoms with Crippen LogP contribution in [0.25, 0.3) is 33.2 Å². The van der Waals surface area contributed by atoms with E-state index in [4.69, 9.17) is 47.5 Å². The second-order valence-electron chi connectivity index (χ2n) is 9.82. The maximum absolute atomic E-state index is 6.75. The molecule has 1 N–H and O–H groups in total. The molecule has 200 valence electrons. The van der Waals surface area contributed by atoms with Gasteiger partial charge in [0.05, 0.1) is 43.5 Å². The van der Waals surface area contributed by atoms with E-state index in [-0.39, 0.29) is 12.2 Å². The van der Waals surface area contributed by atoms with Gasteiger partial charge < -0.3 is 24.1 Å². The molecular formula is C27H25Cl2N7O3. The fourth-order valence-corrected chi connectivity index (χ4v) is 5.96. The van der Waals surface area contributed by atoms with Crippen molar-refractivity contribution in [1.82, 2.24) is 29.7 Å². The van der Waals surface area contributed by atoms with Crippen molar-refractivity contribution in [2.75, 3.05) is 32.2 Å². The first-order valence-corrected chi connectivity index (χ1v) is 13.4. The van der Waals surface area contributed by atoms with E-state index < -0.39 is 0 Å². The number of pyridine rings is 2. The fraction of sp³-hybridized carbons (Fsp3) is 0.333. The zero-order valence-corrected chi connectivity index (χ0v) is 22.8. The molecule has 0 spiro atoms. The highest BCUT2D eigenvalue weighted by atomic mass is 35.5. The van der Waals surface area contributed by atoms with E-state index in [9.17, 15) is 0 Å². The summed E-state index contributed by atoms with van der Waals surface area (Å²) in [6, 6.07) is 7.23. The number of fused-ring (bicyclic) bond motifs is 4. The van der Waals surface area contributed by atoms with Crippen LogP contribution in [0.5, 0.6) is 11.5 Å². The van der Waals surface area contributed by atoms with E-state index in [0.717, 1.165) is 65.1 Å². The number of hydrogen-bond donors (Lipinski definition) is 1. The van der Waals surface area contributed by atoms with Gasteiger partial charge in [0.15, 0.2) is 23.0 Å². The second-order valence-corrected chi connectivity index (χ2v) is 10.6. The Kier molecular flexibility index (Phi) is 5.98. The lowest BCUT2D eigenvalue weighted by Gasteiger charge is -2.33. The Labute approximate surface area is 233 Å². The number of ether oxygens (including phenoxy) is 3. The third kappa shape index (κ3) is 4.32. The molecule has 1 aromatic carbocycles. The first-order valence-electron chi connectivity index (χ1n) is 12.7. The first-order chi connectivity index (χ1) is 19.0. The summed E-state index contributed by atoms with van der Waals surface area (Å²) >= 11 is 12.8. The molecule has 4 aromatic heterocycles. The Morgan fingerprint density at radius 1 is 1.03 bits per heavy atom.